The number of hydrogen-bond acceptors (Lipinski definition) is 4. The lowest BCUT2D eigenvalue weighted by molar-refractivity contribution is 0.414. The second kappa shape index (κ2) is 4.82. The zero-order valence-electron chi connectivity index (χ0n) is 9.97. The van der Waals surface area contributed by atoms with Crippen LogP contribution in [0.15, 0.2) is 30.3 Å². The highest BCUT2D eigenvalue weighted by atomic mass is 16.5. The molecule has 2 rings (SSSR count). The molecule has 0 aliphatic heterocycles. The van der Waals surface area contributed by atoms with Gasteiger partial charge in [-0.15, -0.1) is 0 Å². The number of hydrogen-bond donors (Lipinski definition) is 1. The lowest BCUT2D eigenvalue weighted by Crippen LogP contribution is -2.02. The molecule has 1 heterocycles. The minimum atomic E-state index is 0.510. The monoisotopic (exact) mass is 229 g/mol. The number of aromatic nitrogens is 2. The molecule has 0 amide bonds. The zero-order valence-corrected chi connectivity index (χ0v) is 9.97. The summed E-state index contributed by atoms with van der Waals surface area (Å²) in [5, 5.41) is 0. The van der Waals surface area contributed by atoms with Crippen molar-refractivity contribution in [1.82, 2.24) is 9.97 Å². The van der Waals surface area contributed by atoms with Gasteiger partial charge < -0.3 is 10.5 Å². The normalized spacial score (nSPS) is 10.2. The average molecular weight is 229 g/mol. The molecule has 0 radical (unpaired) electrons. The van der Waals surface area contributed by atoms with Crippen LogP contribution in [0.5, 0.6) is 5.75 Å². The van der Waals surface area contributed by atoms with Crippen LogP contribution in [-0.2, 0) is 6.42 Å². The Morgan fingerprint density at radius 3 is 2.76 bits per heavy atom. The summed E-state index contributed by atoms with van der Waals surface area (Å²) in [6.07, 6.45) is 0.656. The van der Waals surface area contributed by atoms with Crippen LogP contribution in [0.3, 0.4) is 0 Å². The van der Waals surface area contributed by atoms with Crippen molar-refractivity contribution < 1.29 is 4.74 Å². The Kier molecular flexibility index (Phi) is 3.23. The number of ether oxygens (including phenoxy) is 1. The Bertz CT molecular complexity index is 506. The number of rotatable bonds is 3. The Morgan fingerprint density at radius 2 is 2.06 bits per heavy atom. The molecule has 0 saturated carbocycles. The maximum Gasteiger partial charge on any atom is 0.135 e. The van der Waals surface area contributed by atoms with Gasteiger partial charge in [-0.05, 0) is 24.6 Å². The summed E-state index contributed by atoms with van der Waals surface area (Å²) < 4.78 is 5.17. The largest absolute Gasteiger partial charge is 0.497 e. The molecule has 0 unspecified atom stereocenters. The molecule has 88 valence electrons. The third kappa shape index (κ3) is 2.93. The molecule has 2 N–H and O–H groups in total. The number of nitrogen functional groups attached to an aromatic ring is 1. The van der Waals surface area contributed by atoms with Gasteiger partial charge in [0.05, 0.1) is 7.11 Å². The standard InChI is InChI=1S/C13H15N3O/c1-9-6-12(14)16-13(15-9)8-10-4-3-5-11(7-10)17-2/h3-7H,8H2,1-2H3,(H2,14,15,16). The topological polar surface area (TPSA) is 61.0 Å². The second-order valence-electron chi connectivity index (χ2n) is 3.88. The van der Waals surface area contributed by atoms with E-state index in [2.05, 4.69) is 9.97 Å². The van der Waals surface area contributed by atoms with E-state index in [1.807, 2.05) is 31.2 Å². The summed E-state index contributed by atoms with van der Waals surface area (Å²) in [5.41, 5.74) is 7.68. The molecule has 1 aromatic heterocycles. The summed E-state index contributed by atoms with van der Waals surface area (Å²) in [6, 6.07) is 9.61. The number of aryl methyl sites for hydroxylation is 1. The van der Waals surface area contributed by atoms with E-state index in [1.165, 1.54) is 0 Å². The van der Waals surface area contributed by atoms with Crippen LogP contribution in [0.4, 0.5) is 5.82 Å². The number of nitrogens with zero attached hydrogens (tertiary/aromatic N) is 2. The quantitative estimate of drug-likeness (QED) is 0.874. The first-order valence-electron chi connectivity index (χ1n) is 5.40. The summed E-state index contributed by atoms with van der Waals surface area (Å²) in [7, 11) is 1.65. The van der Waals surface area contributed by atoms with Crippen LogP contribution >= 0.6 is 0 Å². The third-order valence-electron chi connectivity index (χ3n) is 2.42. The number of anilines is 1. The summed E-state index contributed by atoms with van der Waals surface area (Å²) >= 11 is 0. The first-order chi connectivity index (χ1) is 8.17. The molecule has 0 atom stereocenters. The predicted molar refractivity (Wildman–Crippen MR) is 67.0 cm³/mol. The van der Waals surface area contributed by atoms with Gasteiger partial charge in [0.1, 0.15) is 17.4 Å². The summed E-state index contributed by atoms with van der Waals surface area (Å²) in [5.74, 6) is 2.08. The van der Waals surface area contributed by atoms with E-state index in [1.54, 1.807) is 13.2 Å². The minimum Gasteiger partial charge on any atom is -0.497 e. The van der Waals surface area contributed by atoms with E-state index in [0.29, 0.717) is 12.2 Å². The van der Waals surface area contributed by atoms with Gasteiger partial charge in [-0.25, -0.2) is 9.97 Å². The van der Waals surface area contributed by atoms with Gasteiger partial charge in [0, 0.05) is 18.2 Å². The SMILES string of the molecule is COc1cccc(Cc2nc(C)cc(N)n2)c1. The molecule has 0 bridgehead atoms. The molecule has 2 aromatic rings. The van der Waals surface area contributed by atoms with E-state index >= 15 is 0 Å². The molecule has 0 aliphatic carbocycles. The Balaban J connectivity index is 2.24. The highest BCUT2D eigenvalue weighted by Gasteiger charge is 2.03. The van der Waals surface area contributed by atoms with Crippen molar-refractivity contribution >= 4 is 5.82 Å². The van der Waals surface area contributed by atoms with Crippen molar-refractivity contribution in [2.45, 2.75) is 13.3 Å². The maximum atomic E-state index is 5.69. The van der Waals surface area contributed by atoms with Gasteiger partial charge >= 0.3 is 0 Å². The van der Waals surface area contributed by atoms with Crippen LogP contribution < -0.4 is 10.5 Å². The van der Waals surface area contributed by atoms with Gasteiger partial charge in [-0.1, -0.05) is 12.1 Å². The Labute approximate surface area is 100 Å². The summed E-state index contributed by atoms with van der Waals surface area (Å²) in [4.78, 5) is 8.56. The van der Waals surface area contributed by atoms with Crippen molar-refractivity contribution in [3.8, 4) is 5.75 Å². The molecule has 4 nitrogen and oxygen atoms in total. The van der Waals surface area contributed by atoms with E-state index in [9.17, 15) is 0 Å². The van der Waals surface area contributed by atoms with E-state index in [-0.39, 0.29) is 0 Å². The molecule has 0 spiro atoms. The summed E-state index contributed by atoms with van der Waals surface area (Å²) in [6.45, 7) is 1.91. The molecule has 0 saturated heterocycles. The Hall–Kier alpha value is -2.10. The van der Waals surface area contributed by atoms with Gasteiger partial charge in [-0.3, -0.25) is 0 Å². The third-order valence-corrected chi connectivity index (χ3v) is 2.42. The van der Waals surface area contributed by atoms with Crippen molar-refractivity contribution in [2.75, 3.05) is 12.8 Å². The lowest BCUT2D eigenvalue weighted by atomic mass is 10.1. The van der Waals surface area contributed by atoms with Crippen molar-refractivity contribution in [3.05, 3.63) is 47.4 Å². The minimum absolute atomic E-state index is 0.510. The van der Waals surface area contributed by atoms with Crippen LogP contribution in [0.1, 0.15) is 17.1 Å². The zero-order chi connectivity index (χ0) is 12.3. The van der Waals surface area contributed by atoms with Gasteiger partial charge in [0.15, 0.2) is 0 Å². The molecule has 4 heteroatoms. The molecular formula is C13H15N3O. The van der Waals surface area contributed by atoms with E-state index < -0.39 is 0 Å². The smallest absolute Gasteiger partial charge is 0.135 e. The maximum absolute atomic E-state index is 5.69. The fourth-order valence-electron chi connectivity index (χ4n) is 1.70. The molecule has 0 fully saturated rings. The Morgan fingerprint density at radius 1 is 1.24 bits per heavy atom. The van der Waals surface area contributed by atoms with Crippen LogP contribution in [0.2, 0.25) is 0 Å². The molecule has 0 aliphatic rings. The van der Waals surface area contributed by atoms with Gasteiger partial charge in [0.25, 0.3) is 0 Å². The fourth-order valence-corrected chi connectivity index (χ4v) is 1.70. The van der Waals surface area contributed by atoms with Crippen molar-refractivity contribution in [2.24, 2.45) is 0 Å². The highest BCUT2D eigenvalue weighted by molar-refractivity contribution is 5.33. The highest BCUT2D eigenvalue weighted by Crippen LogP contribution is 2.15. The van der Waals surface area contributed by atoms with Gasteiger partial charge in [-0.2, -0.15) is 0 Å². The average Bonchev–Trinajstić information content (AvgIpc) is 2.28. The van der Waals surface area contributed by atoms with Crippen LogP contribution in [0.25, 0.3) is 0 Å². The molecule has 1 aromatic carbocycles. The number of methoxy groups -OCH3 is 1. The first-order valence-corrected chi connectivity index (χ1v) is 5.40. The fraction of sp³-hybridized carbons (Fsp3) is 0.231. The number of nitrogens with two attached hydrogens (primary N) is 1. The first kappa shape index (κ1) is 11.4. The lowest BCUT2D eigenvalue weighted by Gasteiger charge is -2.05. The van der Waals surface area contributed by atoms with E-state index in [4.69, 9.17) is 10.5 Å². The van der Waals surface area contributed by atoms with Gasteiger partial charge in [0.2, 0.25) is 0 Å². The molecular weight excluding hydrogens is 214 g/mol. The van der Waals surface area contributed by atoms with Crippen LogP contribution in [0, 0.1) is 6.92 Å². The van der Waals surface area contributed by atoms with Crippen molar-refractivity contribution in [1.29, 1.82) is 0 Å². The van der Waals surface area contributed by atoms with Crippen LogP contribution in [-0.4, -0.2) is 17.1 Å². The second-order valence-corrected chi connectivity index (χ2v) is 3.88. The molecule has 17 heavy (non-hydrogen) atoms. The van der Waals surface area contributed by atoms with Crippen molar-refractivity contribution in [3.63, 3.8) is 0 Å². The van der Waals surface area contributed by atoms with E-state index in [0.717, 1.165) is 22.8 Å². The number of benzene rings is 1. The predicted octanol–water partition coefficient (Wildman–Crippen LogP) is 1.97.